The number of hydrogen-bond acceptors (Lipinski definition) is 6. The van der Waals surface area contributed by atoms with Crippen molar-refractivity contribution >= 4 is 34.0 Å². The van der Waals surface area contributed by atoms with E-state index in [1.807, 2.05) is 17.5 Å². The number of likely N-dealkylation sites (tertiary alicyclic amines) is 1. The summed E-state index contributed by atoms with van der Waals surface area (Å²) in [5, 5.41) is 15.7. The Morgan fingerprint density at radius 1 is 1.50 bits per heavy atom. The van der Waals surface area contributed by atoms with Crippen LogP contribution in [-0.4, -0.2) is 38.5 Å². The molecule has 1 saturated heterocycles. The van der Waals surface area contributed by atoms with Crippen LogP contribution in [0.4, 0.5) is 9.93 Å². The molecule has 1 aliphatic heterocycles. The minimum atomic E-state index is -0.420. The summed E-state index contributed by atoms with van der Waals surface area (Å²) in [4.78, 5) is 19.1. The second-order valence-electron chi connectivity index (χ2n) is 5.36. The summed E-state index contributed by atoms with van der Waals surface area (Å²) in [6, 6.07) is 3.78. The van der Waals surface area contributed by atoms with Crippen molar-refractivity contribution in [1.29, 1.82) is 0 Å². The van der Waals surface area contributed by atoms with Gasteiger partial charge in [0.15, 0.2) is 0 Å². The van der Waals surface area contributed by atoms with Crippen molar-refractivity contribution in [1.82, 2.24) is 14.3 Å². The Bertz CT molecular complexity index is 621. The van der Waals surface area contributed by atoms with Gasteiger partial charge in [0.25, 0.3) is 0 Å². The number of piperidine rings is 1. The van der Waals surface area contributed by atoms with Crippen molar-refractivity contribution in [3.8, 4) is 0 Å². The molecule has 3 heterocycles. The highest BCUT2D eigenvalue weighted by atomic mass is 32.1. The van der Waals surface area contributed by atoms with Gasteiger partial charge < -0.3 is 10.0 Å². The van der Waals surface area contributed by atoms with Gasteiger partial charge in [0.1, 0.15) is 5.82 Å². The standard InChI is InChI=1S/C14H18N4O2S2/c1-9-15-13(22-17-9)16-14(20)18-6-4-10(5-7-18)12(19)11-3-2-8-21-11/h2-3,8,10,12,19H,4-7H2,1H3,(H,15,16,17,20)/t12-/m1/s1. The van der Waals surface area contributed by atoms with Gasteiger partial charge in [-0.15, -0.1) is 11.3 Å². The smallest absolute Gasteiger partial charge is 0.323 e. The van der Waals surface area contributed by atoms with Crippen molar-refractivity contribution in [3.63, 3.8) is 0 Å². The van der Waals surface area contributed by atoms with Gasteiger partial charge in [0.05, 0.1) is 6.10 Å². The average Bonchev–Trinajstić information content (AvgIpc) is 3.18. The van der Waals surface area contributed by atoms with Gasteiger partial charge in [-0.25, -0.2) is 9.78 Å². The number of thiophene rings is 1. The number of carbonyl (C=O) groups is 1. The fraction of sp³-hybridized carbons (Fsp3) is 0.500. The largest absolute Gasteiger partial charge is 0.387 e. The molecule has 2 amide bonds. The SMILES string of the molecule is Cc1nsc(NC(=O)N2CCC([C@@H](O)c3cccs3)CC2)n1. The van der Waals surface area contributed by atoms with Gasteiger partial charge in [0.2, 0.25) is 5.13 Å². The maximum absolute atomic E-state index is 12.2. The normalized spacial score (nSPS) is 17.5. The third-order valence-corrected chi connectivity index (χ3v) is 5.51. The molecule has 2 N–H and O–H groups in total. The van der Waals surface area contributed by atoms with Crippen molar-refractivity contribution in [2.75, 3.05) is 18.4 Å². The molecule has 0 saturated carbocycles. The third kappa shape index (κ3) is 3.45. The molecule has 118 valence electrons. The van der Waals surface area contributed by atoms with E-state index in [-0.39, 0.29) is 11.9 Å². The Hall–Kier alpha value is -1.51. The minimum absolute atomic E-state index is 0.139. The molecule has 6 nitrogen and oxygen atoms in total. The maximum Gasteiger partial charge on any atom is 0.323 e. The zero-order valence-corrected chi connectivity index (χ0v) is 13.9. The Balaban J connectivity index is 1.52. The number of urea groups is 1. The summed E-state index contributed by atoms with van der Waals surface area (Å²) in [6.45, 7) is 3.09. The number of aliphatic hydroxyl groups is 1. The molecule has 0 radical (unpaired) electrons. The van der Waals surface area contributed by atoms with E-state index in [0.29, 0.717) is 24.0 Å². The van der Waals surface area contributed by atoms with Crippen LogP contribution in [0.25, 0.3) is 0 Å². The van der Waals surface area contributed by atoms with E-state index < -0.39 is 6.10 Å². The minimum Gasteiger partial charge on any atom is -0.387 e. The molecule has 22 heavy (non-hydrogen) atoms. The van der Waals surface area contributed by atoms with Crippen LogP contribution in [0.15, 0.2) is 17.5 Å². The van der Waals surface area contributed by atoms with E-state index in [9.17, 15) is 9.90 Å². The van der Waals surface area contributed by atoms with Crippen molar-refractivity contribution < 1.29 is 9.90 Å². The van der Waals surface area contributed by atoms with Crippen molar-refractivity contribution in [3.05, 3.63) is 28.2 Å². The number of anilines is 1. The average molecular weight is 338 g/mol. The first-order chi connectivity index (χ1) is 10.6. The fourth-order valence-electron chi connectivity index (χ4n) is 2.63. The molecule has 0 unspecified atom stereocenters. The van der Waals surface area contributed by atoms with E-state index in [4.69, 9.17) is 0 Å². The second kappa shape index (κ2) is 6.72. The molecular weight excluding hydrogens is 320 g/mol. The van der Waals surface area contributed by atoms with Crippen LogP contribution in [-0.2, 0) is 0 Å². The molecule has 0 aliphatic carbocycles. The predicted molar refractivity (Wildman–Crippen MR) is 87.2 cm³/mol. The van der Waals surface area contributed by atoms with E-state index in [2.05, 4.69) is 14.7 Å². The van der Waals surface area contributed by atoms with Gasteiger partial charge in [-0.05, 0) is 37.1 Å². The Labute approximate surface area is 137 Å². The first kappa shape index (κ1) is 15.4. The molecule has 1 atom stereocenters. The third-order valence-electron chi connectivity index (χ3n) is 3.85. The second-order valence-corrected chi connectivity index (χ2v) is 7.09. The lowest BCUT2D eigenvalue weighted by atomic mass is 9.90. The fourth-order valence-corrected chi connectivity index (χ4v) is 4.00. The number of amides is 2. The van der Waals surface area contributed by atoms with Crippen LogP contribution in [0.5, 0.6) is 0 Å². The molecule has 0 spiro atoms. The van der Waals surface area contributed by atoms with Crippen LogP contribution >= 0.6 is 22.9 Å². The number of carbonyl (C=O) groups excluding carboxylic acids is 1. The summed E-state index contributed by atoms with van der Waals surface area (Å²) in [6.07, 6.45) is 1.19. The Morgan fingerprint density at radius 2 is 2.27 bits per heavy atom. The zero-order valence-electron chi connectivity index (χ0n) is 12.2. The molecule has 1 aliphatic rings. The number of nitrogens with one attached hydrogen (secondary N) is 1. The predicted octanol–water partition coefficient (Wildman–Crippen LogP) is 2.89. The lowest BCUT2D eigenvalue weighted by Gasteiger charge is -2.33. The lowest BCUT2D eigenvalue weighted by molar-refractivity contribution is 0.0708. The van der Waals surface area contributed by atoms with Gasteiger partial charge >= 0.3 is 6.03 Å². The Kier molecular flexibility index (Phi) is 4.70. The molecule has 0 aromatic carbocycles. The van der Waals surface area contributed by atoms with Crippen LogP contribution < -0.4 is 5.32 Å². The molecule has 8 heteroatoms. The first-order valence-electron chi connectivity index (χ1n) is 7.21. The number of rotatable bonds is 3. The maximum atomic E-state index is 12.2. The first-order valence-corrected chi connectivity index (χ1v) is 8.86. The van der Waals surface area contributed by atoms with Gasteiger partial charge in [-0.2, -0.15) is 4.37 Å². The van der Waals surface area contributed by atoms with Gasteiger partial charge in [-0.1, -0.05) is 6.07 Å². The van der Waals surface area contributed by atoms with Crippen molar-refractivity contribution in [2.24, 2.45) is 5.92 Å². The van der Waals surface area contributed by atoms with E-state index in [0.717, 1.165) is 17.7 Å². The topological polar surface area (TPSA) is 78.4 Å². The van der Waals surface area contributed by atoms with E-state index >= 15 is 0 Å². The molecule has 2 aromatic heterocycles. The van der Waals surface area contributed by atoms with Crippen molar-refractivity contribution in [2.45, 2.75) is 25.9 Å². The zero-order chi connectivity index (χ0) is 15.5. The highest BCUT2D eigenvalue weighted by molar-refractivity contribution is 7.10. The monoisotopic (exact) mass is 338 g/mol. The summed E-state index contributed by atoms with van der Waals surface area (Å²) in [7, 11) is 0. The highest BCUT2D eigenvalue weighted by Crippen LogP contribution is 2.33. The van der Waals surface area contributed by atoms with Crippen LogP contribution in [0.2, 0.25) is 0 Å². The van der Waals surface area contributed by atoms with Gasteiger partial charge in [-0.3, -0.25) is 5.32 Å². The molecule has 1 fully saturated rings. The summed E-state index contributed by atoms with van der Waals surface area (Å²) in [5.41, 5.74) is 0. The highest BCUT2D eigenvalue weighted by Gasteiger charge is 2.29. The van der Waals surface area contributed by atoms with Crippen LogP contribution in [0.3, 0.4) is 0 Å². The van der Waals surface area contributed by atoms with E-state index in [1.165, 1.54) is 11.5 Å². The Morgan fingerprint density at radius 3 is 2.86 bits per heavy atom. The molecular formula is C14H18N4O2S2. The molecule has 0 bridgehead atoms. The van der Waals surface area contributed by atoms with Crippen LogP contribution in [0, 0.1) is 12.8 Å². The lowest BCUT2D eigenvalue weighted by Crippen LogP contribution is -2.42. The number of hydrogen-bond donors (Lipinski definition) is 2. The summed E-state index contributed by atoms with van der Waals surface area (Å²) < 4.78 is 4.04. The number of aromatic nitrogens is 2. The number of nitrogens with zero attached hydrogens (tertiary/aromatic N) is 3. The number of aliphatic hydroxyl groups excluding tert-OH is 1. The van der Waals surface area contributed by atoms with Gasteiger partial charge in [0, 0.05) is 29.5 Å². The molecule has 3 rings (SSSR count). The quantitative estimate of drug-likeness (QED) is 0.902. The van der Waals surface area contributed by atoms with Crippen LogP contribution in [0.1, 0.15) is 29.6 Å². The summed E-state index contributed by atoms with van der Waals surface area (Å²) >= 11 is 2.77. The van der Waals surface area contributed by atoms with E-state index in [1.54, 1.807) is 23.2 Å². The summed E-state index contributed by atoms with van der Waals surface area (Å²) in [5.74, 6) is 0.879. The number of aryl methyl sites for hydroxylation is 1. The molecule has 2 aromatic rings.